The number of rotatable bonds is 3. The highest BCUT2D eigenvalue weighted by Gasteiger charge is 2.22. The summed E-state index contributed by atoms with van der Waals surface area (Å²) in [6.45, 7) is 1.98. The van der Waals surface area contributed by atoms with Gasteiger partial charge in [0.2, 0.25) is 0 Å². The topological polar surface area (TPSA) is 75.9 Å². The standard InChI is InChI=1S/C14H17N3O3/c1-20-14(19)13-11-3-2-10(18)8-17(11)12(16-13)6-9-4-5-15-7-9/h2-3,8-9,15,18H,4-7H2,1H3. The van der Waals surface area contributed by atoms with E-state index in [1.165, 1.54) is 7.11 Å². The number of aromatic nitrogens is 2. The predicted molar refractivity (Wildman–Crippen MR) is 72.9 cm³/mol. The number of carbonyl (C=O) groups is 1. The van der Waals surface area contributed by atoms with Crippen LogP contribution in [0.5, 0.6) is 5.75 Å². The zero-order valence-electron chi connectivity index (χ0n) is 11.3. The normalized spacial score (nSPS) is 18.6. The molecule has 1 aliphatic rings. The number of carbonyl (C=O) groups excluding carboxylic acids is 1. The molecule has 1 aliphatic heterocycles. The lowest BCUT2D eigenvalue weighted by atomic mass is 10.0. The van der Waals surface area contributed by atoms with Gasteiger partial charge in [-0.15, -0.1) is 0 Å². The first-order chi connectivity index (χ1) is 9.69. The van der Waals surface area contributed by atoms with Crippen LogP contribution in [0.2, 0.25) is 0 Å². The van der Waals surface area contributed by atoms with E-state index < -0.39 is 5.97 Å². The molecule has 0 amide bonds. The monoisotopic (exact) mass is 275 g/mol. The molecule has 6 heteroatoms. The van der Waals surface area contributed by atoms with Gasteiger partial charge in [0.25, 0.3) is 0 Å². The van der Waals surface area contributed by atoms with Crippen LogP contribution in [0.3, 0.4) is 0 Å². The van der Waals surface area contributed by atoms with E-state index in [1.54, 1.807) is 22.7 Å². The molecule has 0 bridgehead atoms. The van der Waals surface area contributed by atoms with Crippen LogP contribution in [0.25, 0.3) is 5.52 Å². The van der Waals surface area contributed by atoms with Crippen LogP contribution in [-0.4, -0.2) is 40.7 Å². The quantitative estimate of drug-likeness (QED) is 0.817. The maximum Gasteiger partial charge on any atom is 0.358 e. The van der Waals surface area contributed by atoms with Gasteiger partial charge in [0.1, 0.15) is 11.6 Å². The molecule has 2 N–H and O–H groups in total. The summed E-state index contributed by atoms with van der Waals surface area (Å²) in [5, 5.41) is 13.0. The summed E-state index contributed by atoms with van der Waals surface area (Å²) in [6, 6.07) is 3.23. The molecule has 1 fully saturated rings. The lowest BCUT2D eigenvalue weighted by Crippen LogP contribution is -2.12. The van der Waals surface area contributed by atoms with E-state index in [0.717, 1.165) is 31.8 Å². The molecule has 0 aromatic carbocycles. The third kappa shape index (κ3) is 2.22. The molecule has 0 radical (unpaired) electrons. The minimum Gasteiger partial charge on any atom is -0.506 e. The Balaban J connectivity index is 2.05. The first-order valence-electron chi connectivity index (χ1n) is 6.68. The molecule has 1 atom stereocenters. The molecule has 3 heterocycles. The summed E-state index contributed by atoms with van der Waals surface area (Å²) < 4.78 is 6.55. The van der Waals surface area contributed by atoms with Gasteiger partial charge in [0.15, 0.2) is 5.69 Å². The van der Waals surface area contributed by atoms with Crippen molar-refractivity contribution in [1.82, 2.24) is 14.7 Å². The highest BCUT2D eigenvalue weighted by Crippen LogP contribution is 2.22. The lowest BCUT2D eigenvalue weighted by Gasteiger charge is -2.07. The zero-order chi connectivity index (χ0) is 14.1. The van der Waals surface area contributed by atoms with E-state index in [2.05, 4.69) is 10.3 Å². The fourth-order valence-corrected chi connectivity index (χ4v) is 2.67. The molecule has 0 aliphatic carbocycles. The smallest absolute Gasteiger partial charge is 0.358 e. The average molecular weight is 275 g/mol. The van der Waals surface area contributed by atoms with E-state index in [4.69, 9.17) is 4.74 Å². The molecule has 2 aromatic rings. The van der Waals surface area contributed by atoms with E-state index >= 15 is 0 Å². The number of pyridine rings is 1. The van der Waals surface area contributed by atoms with Crippen LogP contribution in [0.15, 0.2) is 18.3 Å². The molecule has 1 unspecified atom stereocenters. The predicted octanol–water partition coefficient (Wildman–Crippen LogP) is 0.978. The van der Waals surface area contributed by atoms with Crippen molar-refractivity contribution in [2.24, 2.45) is 5.92 Å². The van der Waals surface area contributed by atoms with Gasteiger partial charge in [0, 0.05) is 6.42 Å². The number of fused-ring (bicyclic) bond motifs is 1. The fourth-order valence-electron chi connectivity index (χ4n) is 2.67. The molecule has 6 nitrogen and oxygen atoms in total. The van der Waals surface area contributed by atoms with Gasteiger partial charge in [-0.25, -0.2) is 9.78 Å². The second kappa shape index (κ2) is 5.13. The number of hydrogen-bond acceptors (Lipinski definition) is 5. The molecule has 20 heavy (non-hydrogen) atoms. The van der Waals surface area contributed by atoms with Crippen molar-refractivity contribution < 1.29 is 14.6 Å². The van der Waals surface area contributed by atoms with Crippen molar-refractivity contribution in [2.45, 2.75) is 12.8 Å². The van der Waals surface area contributed by atoms with Gasteiger partial charge < -0.3 is 15.2 Å². The number of esters is 1. The van der Waals surface area contributed by atoms with Crippen molar-refractivity contribution in [3.63, 3.8) is 0 Å². The van der Waals surface area contributed by atoms with Gasteiger partial charge in [-0.1, -0.05) is 0 Å². The fraction of sp³-hybridized carbons (Fsp3) is 0.429. The summed E-state index contributed by atoms with van der Waals surface area (Å²) in [4.78, 5) is 16.2. The molecular weight excluding hydrogens is 258 g/mol. The molecule has 0 spiro atoms. The lowest BCUT2D eigenvalue weighted by molar-refractivity contribution is 0.0596. The minimum atomic E-state index is -0.455. The highest BCUT2D eigenvalue weighted by atomic mass is 16.5. The second-order valence-corrected chi connectivity index (χ2v) is 5.07. The van der Waals surface area contributed by atoms with Gasteiger partial charge in [0.05, 0.1) is 18.8 Å². The summed E-state index contributed by atoms with van der Waals surface area (Å²) in [7, 11) is 1.34. The molecule has 106 valence electrons. The van der Waals surface area contributed by atoms with Crippen LogP contribution < -0.4 is 5.32 Å². The van der Waals surface area contributed by atoms with Crippen molar-refractivity contribution in [1.29, 1.82) is 0 Å². The van der Waals surface area contributed by atoms with Gasteiger partial charge in [-0.3, -0.25) is 4.40 Å². The van der Waals surface area contributed by atoms with Gasteiger partial charge in [-0.05, 0) is 37.6 Å². The number of aromatic hydroxyl groups is 1. The number of nitrogens with one attached hydrogen (secondary N) is 1. The van der Waals surface area contributed by atoms with Gasteiger partial charge >= 0.3 is 5.97 Å². The number of nitrogens with zero attached hydrogens (tertiary/aromatic N) is 2. The van der Waals surface area contributed by atoms with Crippen LogP contribution in [-0.2, 0) is 11.2 Å². The Labute approximate surface area is 116 Å². The van der Waals surface area contributed by atoms with Crippen molar-refractivity contribution in [3.8, 4) is 5.75 Å². The van der Waals surface area contributed by atoms with E-state index in [1.807, 2.05) is 0 Å². The third-order valence-electron chi connectivity index (χ3n) is 3.71. The third-order valence-corrected chi connectivity index (χ3v) is 3.71. The Hall–Kier alpha value is -2.08. The van der Waals surface area contributed by atoms with Crippen molar-refractivity contribution >= 4 is 11.5 Å². The number of imidazole rings is 1. The second-order valence-electron chi connectivity index (χ2n) is 5.07. The SMILES string of the molecule is COC(=O)c1nc(CC2CCNC2)n2cc(O)ccc12. The van der Waals surface area contributed by atoms with E-state index in [0.29, 0.717) is 17.1 Å². The molecule has 3 rings (SSSR count). The summed E-state index contributed by atoms with van der Waals surface area (Å²) in [5.74, 6) is 0.986. The van der Waals surface area contributed by atoms with Crippen LogP contribution >= 0.6 is 0 Å². The first kappa shape index (κ1) is 12.9. The minimum absolute atomic E-state index is 0.150. The molecule has 1 saturated heterocycles. The van der Waals surface area contributed by atoms with Crippen LogP contribution in [0.1, 0.15) is 22.7 Å². The molecular formula is C14H17N3O3. The summed E-state index contributed by atoms with van der Waals surface area (Å²) in [6.07, 6.45) is 3.46. The van der Waals surface area contributed by atoms with Crippen molar-refractivity contribution in [3.05, 3.63) is 29.8 Å². The zero-order valence-corrected chi connectivity index (χ0v) is 11.3. The van der Waals surface area contributed by atoms with E-state index in [-0.39, 0.29) is 5.75 Å². The Morgan fingerprint density at radius 3 is 3.15 bits per heavy atom. The number of ether oxygens (including phenoxy) is 1. The maximum atomic E-state index is 11.8. The Kier molecular flexibility index (Phi) is 3.31. The van der Waals surface area contributed by atoms with E-state index in [9.17, 15) is 9.90 Å². The highest BCUT2D eigenvalue weighted by molar-refractivity contribution is 5.95. The number of methoxy groups -OCH3 is 1. The summed E-state index contributed by atoms with van der Waals surface area (Å²) in [5.41, 5.74) is 0.962. The average Bonchev–Trinajstić information content (AvgIpc) is 3.07. The summed E-state index contributed by atoms with van der Waals surface area (Å²) >= 11 is 0. The molecule has 0 saturated carbocycles. The Morgan fingerprint density at radius 2 is 2.45 bits per heavy atom. The largest absolute Gasteiger partial charge is 0.506 e. The van der Waals surface area contributed by atoms with Gasteiger partial charge in [-0.2, -0.15) is 0 Å². The Bertz CT molecular complexity index is 644. The Morgan fingerprint density at radius 1 is 1.60 bits per heavy atom. The molecule has 2 aromatic heterocycles. The van der Waals surface area contributed by atoms with Crippen LogP contribution in [0, 0.1) is 5.92 Å². The maximum absolute atomic E-state index is 11.8. The number of hydrogen-bond donors (Lipinski definition) is 2. The van der Waals surface area contributed by atoms with Crippen molar-refractivity contribution in [2.75, 3.05) is 20.2 Å². The van der Waals surface area contributed by atoms with Crippen LogP contribution in [0.4, 0.5) is 0 Å². The first-order valence-corrected chi connectivity index (χ1v) is 6.68.